The molecule has 11 heteroatoms. The number of hydrogen-bond donors (Lipinski definition) is 6. The second kappa shape index (κ2) is 12.7. The van der Waals surface area contributed by atoms with E-state index in [-0.39, 0.29) is 12.2 Å². The highest BCUT2D eigenvalue weighted by Gasteiger charge is 2.27. The van der Waals surface area contributed by atoms with Gasteiger partial charge in [-0.15, -0.1) is 0 Å². The summed E-state index contributed by atoms with van der Waals surface area (Å²) in [6, 6.07) is 3.27. The lowest BCUT2D eigenvalue weighted by Crippen LogP contribution is -2.56. The van der Waals surface area contributed by atoms with E-state index in [9.17, 15) is 24.3 Å². The number of hydrogen-bond acceptors (Lipinski definition) is 7. The summed E-state index contributed by atoms with van der Waals surface area (Å²) in [6.45, 7) is 0.893. The molecule has 30 heavy (non-hydrogen) atoms. The van der Waals surface area contributed by atoms with Crippen LogP contribution in [0.4, 0.5) is 0 Å². The van der Waals surface area contributed by atoms with E-state index < -0.39 is 48.4 Å². The molecule has 7 N–H and O–H groups in total. The van der Waals surface area contributed by atoms with Crippen molar-refractivity contribution in [1.29, 1.82) is 0 Å². The Morgan fingerprint density at radius 3 is 2.17 bits per heavy atom. The zero-order valence-electron chi connectivity index (χ0n) is 16.9. The lowest BCUT2D eigenvalue weighted by molar-refractivity contribution is -0.138. The SMILES string of the molecule is CSCCC(NC(=O)C(C)N)C(=O)NC(Cc1ccc(O)cc1)C(=O)NCC(=O)O. The largest absolute Gasteiger partial charge is 0.508 e. The molecule has 0 fully saturated rings. The van der Waals surface area contributed by atoms with Gasteiger partial charge < -0.3 is 31.9 Å². The molecule has 3 amide bonds. The minimum atomic E-state index is -1.22. The molecule has 0 aliphatic heterocycles. The first kappa shape index (κ1) is 25.2. The van der Waals surface area contributed by atoms with E-state index in [0.29, 0.717) is 17.7 Å². The minimum Gasteiger partial charge on any atom is -0.508 e. The maximum atomic E-state index is 12.8. The van der Waals surface area contributed by atoms with Crippen LogP contribution in [0.2, 0.25) is 0 Å². The number of thioether (sulfide) groups is 1. The van der Waals surface area contributed by atoms with Crippen LogP contribution in [0.25, 0.3) is 0 Å². The number of aliphatic carboxylic acids is 1. The summed E-state index contributed by atoms with van der Waals surface area (Å²) in [5, 5.41) is 25.6. The third kappa shape index (κ3) is 9.14. The first-order valence-electron chi connectivity index (χ1n) is 9.26. The predicted octanol–water partition coefficient (Wildman–Crippen LogP) is -0.795. The molecule has 0 saturated heterocycles. The Labute approximate surface area is 179 Å². The molecule has 0 aliphatic rings. The molecule has 0 bridgehead atoms. The lowest BCUT2D eigenvalue weighted by atomic mass is 10.0. The van der Waals surface area contributed by atoms with Crippen molar-refractivity contribution in [2.45, 2.75) is 37.9 Å². The fourth-order valence-electron chi connectivity index (χ4n) is 2.44. The van der Waals surface area contributed by atoms with Gasteiger partial charge >= 0.3 is 5.97 Å². The molecule has 0 spiro atoms. The van der Waals surface area contributed by atoms with E-state index in [1.165, 1.54) is 30.8 Å². The van der Waals surface area contributed by atoms with E-state index >= 15 is 0 Å². The monoisotopic (exact) mass is 440 g/mol. The number of carbonyl (C=O) groups is 4. The molecule has 1 rings (SSSR count). The Bertz CT molecular complexity index is 741. The first-order valence-corrected chi connectivity index (χ1v) is 10.7. The fraction of sp³-hybridized carbons (Fsp3) is 0.474. The summed E-state index contributed by atoms with van der Waals surface area (Å²) in [4.78, 5) is 48.0. The highest BCUT2D eigenvalue weighted by Crippen LogP contribution is 2.12. The summed E-state index contributed by atoms with van der Waals surface area (Å²) in [5.74, 6) is -2.34. The van der Waals surface area contributed by atoms with Crippen molar-refractivity contribution in [1.82, 2.24) is 16.0 Å². The number of carboxylic acid groups (broad SMARTS) is 1. The Balaban J connectivity index is 2.97. The third-order valence-electron chi connectivity index (χ3n) is 4.08. The molecular formula is C19H28N4O6S. The van der Waals surface area contributed by atoms with E-state index in [1.807, 2.05) is 6.26 Å². The van der Waals surface area contributed by atoms with Crippen LogP contribution in [-0.4, -0.2) is 70.6 Å². The van der Waals surface area contributed by atoms with Gasteiger partial charge in [-0.05, 0) is 43.0 Å². The van der Waals surface area contributed by atoms with Gasteiger partial charge in [0.2, 0.25) is 17.7 Å². The van der Waals surface area contributed by atoms with E-state index in [4.69, 9.17) is 10.8 Å². The number of carboxylic acids is 1. The van der Waals surface area contributed by atoms with Crippen LogP contribution in [0.15, 0.2) is 24.3 Å². The number of phenolic OH excluding ortho intramolecular Hbond substituents is 1. The maximum absolute atomic E-state index is 12.8. The van der Waals surface area contributed by atoms with E-state index in [0.717, 1.165) is 0 Å². The van der Waals surface area contributed by atoms with Crippen LogP contribution < -0.4 is 21.7 Å². The number of rotatable bonds is 12. The maximum Gasteiger partial charge on any atom is 0.322 e. The standard InChI is InChI=1S/C19H28N4O6S/c1-11(20)17(27)22-14(7-8-30-2)19(29)23-15(18(28)21-10-16(25)26)9-12-3-5-13(24)6-4-12/h3-6,11,14-15,24H,7-10,20H2,1-2H3,(H,21,28)(H,22,27)(H,23,29)(H,25,26). The summed E-state index contributed by atoms with van der Waals surface area (Å²) >= 11 is 1.49. The summed E-state index contributed by atoms with van der Waals surface area (Å²) in [7, 11) is 0. The van der Waals surface area contributed by atoms with Crippen molar-refractivity contribution in [2.75, 3.05) is 18.6 Å². The Morgan fingerprint density at radius 2 is 1.63 bits per heavy atom. The highest BCUT2D eigenvalue weighted by atomic mass is 32.2. The smallest absolute Gasteiger partial charge is 0.322 e. The van der Waals surface area contributed by atoms with Crippen LogP contribution in [0.5, 0.6) is 5.75 Å². The Hall–Kier alpha value is -2.79. The number of carbonyl (C=O) groups excluding carboxylic acids is 3. The summed E-state index contributed by atoms with van der Waals surface area (Å²) in [6.07, 6.45) is 2.25. The van der Waals surface area contributed by atoms with Gasteiger partial charge in [-0.25, -0.2) is 0 Å². The zero-order valence-corrected chi connectivity index (χ0v) is 17.7. The van der Waals surface area contributed by atoms with Crippen molar-refractivity contribution in [3.8, 4) is 5.75 Å². The van der Waals surface area contributed by atoms with Gasteiger partial charge in [-0.2, -0.15) is 11.8 Å². The average Bonchev–Trinajstić information content (AvgIpc) is 2.69. The van der Waals surface area contributed by atoms with Crippen LogP contribution in [0, 0.1) is 0 Å². The van der Waals surface area contributed by atoms with Gasteiger partial charge in [0, 0.05) is 6.42 Å². The van der Waals surface area contributed by atoms with Crippen molar-refractivity contribution in [3.63, 3.8) is 0 Å². The molecule has 166 valence electrons. The Kier molecular flexibility index (Phi) is 10.7. The van der Waals surface area contributed by atoms with Gasteiger partial charge in [0.1, 0.15) is 24.4 Å². The first-order chi connectivity index (χ1) is 14.1. The number of nitrogens with one attached hydrogen (secondary N) is 3. The topological polar surface area (TPSA) is 171 Å². The molecule has 3 unspecified atom stereocenters. The highest BCUT2D eigenvalue weighted by molar-refractivity contribution is 7.98. The molecule has 3 atom stereocenters. The fourth-order valence-corrected chi connectivity index (χ4v) is 2.91. The number of nitrogens with two attached hydrogens (primary N) is 1. The number of phenols is 1. The lowest BCUT2D eigenvalue weighted by Gasteiger charge is -2.23. The molecule has 1 aromatic carbocycles. The van der Waals surface area contributed by atoms with Gasteiger partial charge in [-0.1, -0.05) is 12.1 Å². The van der Waals surface area contributed by atoms with Crippen LogP contribution >= 0.6 is 11.8 Å². The van der Waals surface area contributed by atoms with Crippen LogP contribution in [0.1, 0.15) is 18.9 Å². The Morgan fingerprint density at radius 1 is 1.03 bits per heavy atom. The van der Waals surface area contributed by atoms with Crippen molar-refractivity contribution < 1.29 is 29.4 Å². The number of benzene rings is 1. The molecule has 0 aromatic heterocycles. The molecule has 0 aliphatic carbocycles. The van der Waals surface area contributed by atoms with Crippen LogP contribution in [0.3, 0.4) is 0 Å². The van der Waals surface area contributed by atoms with Gasteiger partial charge in [0.25, 0.3) is 0 Å². The molecule has 0 heterocycles. The summed E-state index contributed by atoms with van der Waals surface area (Å²) in [5.41, 5.74) is 6.20. The molecule has 10 nitrogen and oxygen atoms in total. The van der Waals surface area contributed by atoms with Crippen LogP contribution in [-0.2, 0) is 25.6 Å². The number of amides is 3. The molecular weight excluding hydrogens is 412 g/mol. The zero-order chi connectivity index (χ0) is 22.7. The van der Waals surface area contributed by atoms with Crippen molar-refractivity contribution in [3.05, 3.63) is 29.8 Å². The number of aromatic hydroxyl groups is 1. The second-order valence-corrected chi connectivity index (χ2v) is 7.66. The van der Waals surface area contributed by atoms with Crippen molar-refractivity contribution >= 4 is 35.5 Å². The van der Waals surface area contributed by atoms with E-state index in [1.54, 1.807) is 12.1 Å². The molecule has 0 radical (unpaired) electrons. The minimum absolute atomic E-state index is 0.0467. The summed E-state index contributed by atoms with van der Waals surface area (Å²) < 4.78 is 0. The van der Waals surface area contributed by atoms with Gasteiger partial charge in [0.15, 0.2) is 0 Å². The molecule has 1 aromatic rings. The van der Waals surface area contributed by atoms with Gasteiger partial charge in [-0.3, -0.25) is 19.2 Å². The van der Waals surface area contributed by atoms with Gasteiger partial charge in [0.05, 0.1) is 6.04 Å². The molecule has 0 saturated carbocycles. The normalized spacial score (nSPS) is 13.6. The average molecular weight is 441 g/mol. The second-order valence-electron chi connectivity index (χ2n) is 6.67. The third-order valence-corrected chi connectivity index (χ3v) is 4.72. The quantitative estimate of drug-likeness (QED) is 0.245. The van der Waals surface area contributed by atoms with E-state index in [2.05, 4.69) is 16.0 Å². The van der Waals surface area contributed by atoms with Crippen molar-refractivity contribution in [2.24, 2.45) is 5.73 Å². The predicted molar refractivity (Wildman–Crippen MR) is 113 cm³/mol.